The van der Waals surface area contributed by atoms with E-state index in [2.05, 4.69) is 107 Å². The fourth-order valence-electron chi connectivity index (χ4n) is 8.51. The summed E-state index contributed by atoms with van der Waals surface area (Å²) in [6, 6.07) is 4.41. The number of hydrogen-bond acceptors (Lipinski definition) is 2. The van der Waals surface area contributed by atoms with Crippen LogP contribution in [0.25, 0.3) is 12.2 Å². The summed E-state index contributed by atoms with van der Waals surface area (Å²) in [5, 5.41) is 6.70. The zero-order chi connectivity index (χ0) is 28.7. The van der Waals surface area contributed by atoms with E-state index in [-0.39, 0.29) is 37.7 Å². The summed E-state index contributed by atoms with van der Waals surface area (Å²) in [7, 11) is 0. The van der Waals surface area contributed by atoms with Crippen LogP contribution in [0.1, 0.15) is 129 Å². The standard InChI is InChI=1S/C36H52N4.Pt/c1-9-24-19-28-20-26-17-18-27(37-26)21-32-29(11-3)30(12-4)33(38-32)31(13-5)34(14-6)22-25(10-2)36(16-8,40-34)23-35(24,15-7)39-28;/h17-22,31,37-38,40H,9-16,23H2,1-8H3;. The molecule has 5 rings (SSSR count). The number of H-pyrrole nitrogens is 2. The van der Waals surface area contributed by atoms with E-state index in [1.165, 1.54) is 28.1 Å². The molecule has 4 atom stereocenters. The van der Waals surface area contributed by atoms with Crippen LogP contribution in [0.15, 0.2) is 40.4 Å². The molecule has 3 aliphatic rings. The van der Waals surface area contributed by atoms with Gasteiger partial charge in [0.2, 0.25) is 0 Å². The maximum Gasteiger partial charge on any atom is 0.0845 e. The van der Waals surface area contributed by atoms with Gasteiger partial charge in [-0.1, -0.05) is 67.0 Å². The van der Waals surface area contributed by atoms with Gasteiger partial charge in [-0.15, -0.1) is 0 Å². The van der Waals surface area contributed by atoms with Crippen molar-refractivity contribution in [1.82, 2.24) is 15.3 Å². The average Bonchev–Trinajstić information content (AvgIpc) is 3.72. The van der Waals surface area contributed by atoms with Crippen LogP contribution in [-0.4, -0.2) is 32.3 Å². The van der Waals surface area contributed by atoms with Gasteiger partial charge in [-0.3, -0.25) is 10.3 Å². The van der Waals surface area contributed by atoms with Crippen molar-refractivity contribution in [3.05, 3.63) is 68.6 Å². The van der Waals surface area contributed by atoms with Crippen molar-refractivity contribution in [2.45, 2.75) is 136 Å². The van der Waals surface area contributed by atoms with Crippen molar-refractivity contribution in [3.63, 3.8) is 0 Å². The normalized spacial score (nSPS) is 28.8. The molecule has 3 aliphatic heterocycles. The minimum atomic E-state index is -0.175. The van der Waals surface area contributed by atoms with Gasteiger partial charge in [0, 0.05) is 60.1 Å². The third-order valence-electron chi connectivity index (χ3n) is 10.6. The zero-order valence-electron chi connectivity index (χ0n) is 26.7. The smallest absolute Gasteiger partial charge is 0.0845 e. The second-order valence-electron chi connectivity index (χ2n) is 12.3. The fourth-order valence-corrected chi connectivity index (χ4v) is 8.51. The van der Waals surface area contributed by atoms with Crippen LogP contribution >= 0.6 is 0 Å². The van der Waals surface area contributed by atoms with Gasteiger partial charge in [-0.25, -0.2) is 0 Å². The average molecular weight is 736 g/mol. The summed E-state index contributed by atoms with van der Waals surface area (Å²) >= 11 is 0. The number of nitrogens with one attached hydrogen (secondary N) is 3. The third-order valence-corrected chi connectivity index (χ3v) is 10.6. The monoisotopic (exact) mass is 735 g/mol. The van der Waals surface area contributed by atoms with Crippen LogP contribution in [0.3, 0.4) is 0 Å². The molecule has 5 heteroatoms. The maximum atomic E-state index is 5.55. The molecule has 0 radical (unpaired) electrons. The van der Waals surface area contributed by atoms with Crippen LogP contribution < -0.4 is 16.0 Å². The molecule has 0 aliphatic carbocycles. The van der Waals surface area contributed by atoms with Gasteiger partial charge in [0.25, 0.3) is 0 Å². The van der Waals surface area contributed by atoms with Gasteiger partial charge in [-0.05, 0) is 105 Å². The minimum absolute atomic E-state index is 0. The van der Waals surface area contributed by atoms with Crippen molar-refractivity contribution in [2.75, 3.05) is 0 Å². The number of hydrogen-bond donors (Lipinski definition) is 3. The van der Waals surface area contributed by atoms with Crippen molar-refractivity contribution in [3.8, 4) is 0 Å². The number of fused-ring (bicyclic) bond motifs is 7. The number of allylic oxidation sites excluding steroid dienone is 1. The fraction of sp³-hybridized carbons (Fsp3) is 0.583. The van der Waals surface area contributed by atoms with Gasteiger partial charge in [0.05, 0.1) is 11.3 Å². The number of nitrogens with zero attached hydrogens (tertiary/aromatic N) is 1. The molecular weight excluding hydrogens is 684 g/mol. The maximum absolute atomic E-state index is 5.55. The summed E-state index contributed by atoms with van der Waals surface area (Å²) in [5.74, 6) is 0.372. The predicted octanol–water partition coefficient (Wildman–Crippen LogP) is 7.15. The molecule has 2 aromatic heterocycles. The van der Waals surface area contributed by atoms with Crippen molar-refractivity contribution < 1.29 is 21.1 Å². The first-order valence-electron chi connectivity index (χ1n) is 16.2. The Labute approximate surface area is 262 Å². The molecule has 226 valence electrons. The largest absolute Gasteiger partial charge is 0.358 e. The Balaban J connectivity index is 0.00000387. The Morgan fingerprint density at radius 2 is 1.44 bits per heavy atom. The summed E-state index contributed by atoms with van der Waals surface area (Å²) in [5.41, 5.74) is 9.50. The van der Waals surface area contributed by atoms with E-state index in [0.29, 0.717) is 5.92 Å². The summed E-state index contributed by atoms with van der Waals surface area (Å²) in [6.07, 6.45) is 19.1. The van der Waals surface area contributed by atoms with Gasteiger partial charge in [0.15, 0.2) is 0 Å². The van der Waals surface area contributed by atoms with E-state index >= 15 is 0 Å². The van der Waals surface area contributed by atoms with E-state index in [4.69, 9.17) is 4.99 Å². The van der Waals surface area contributed by atoms with E-state index in [0.717, 1.165) is 74.2 Å². The van der Waals surface area contributed by atoms with E-state index in [1.54, 1.807) is 5.57 Å². The first kappa shape index (κ1) is 32.0. The second kappa shape index (κ2) is 12.4. The Hall–Kier alpha value is -1.90. The summed E-state index contributed by atoms with van der Waals surface area (Å²) < 4.78 is 0. The van der Waals surface area contributed by atoms with Gasteiger partial charge >= 0.3 is 0 Å². The molecule has 0 spiro atoms. The number of aliphatic imine (C=N–C) groups is 1. The Bertz CT molecular complexity index is 1470. The van der Waals surface area contributed by atoms with Crippen molar-refractivity contribution in [2.24, 2.45) is 4.99 Å². The Morgan fingerprint density at radius 3 is 2.00 bits per heavy atom. The topological polar surface area (TPSA) is 56.0 Å². The molecular formula is C36H52N4Pt. The molecule has 4 nitrogen and oxygen atoms in total. The molecule has 5 heterocycles. The molecule has 0 aromatic carbocycles. The van der Waals surface area contributed by atoms with Gasteiger partial charge < -0.3 is 9.97 Å². The molecule has 4 unspecified atom stereocenters. The van der Waals surface area contributed by atoms with E-state index < -0.39 is 0 Å². The predicted molar refractivity (Wildman–Crippen MR) is 172 cm³/mol. The second-order valence-corrected chi connectivity index (χ2v) is 12.3. The van der Waals surface area contributed by atoms with E-state index in [9.17, 15) is 0 Å². The number of aromatic nitrogens is 2. The Kier molecular flexibility index (Phi) is 9.66. The molecule has 3 N–H and O–H groups in total. The molecule has 8 bridgehead atoms. The third kappa shape index (κ3) is 5.16. The SMILES string of the molecule is CCC1=CC2=NC1(CC)CC1(CC)NC(CC)(C=C1CC)C(CC)c1[nH]c(c(CC)c1CC)C=c1ccc([nH]1)=C2.[Pt]. The molecule has 0 saturated carbocycles. The number of rotatable bonds is 8. The minimum Gasteiger partial charge on any atom is -0.358 e. The van der Waals surface area contributed by atoms with Crippen molar-refractivity contribution >= 4 is 17.9 Å². The molecule has 41 heavy (non-hydrogen) atoms. The first-order valence-corrected chi connectivity index (χ1v) is 16.2. The van der Waals surface area contributed by atoms with Crippen molar-refractivity contribution in [1.29, 1.82) is 0 Å². The first-order chi connectivity index (χ1) is 19.3. The molecule has 0 fully saturated rings. The van der Waals surface area contributed by atoms with Crippen LogP contribution in [0.5, 0.6) is 0 Å². The van der Waals surface area contributed by atoms with Crippen LogP contribution in [0, 0.1) is 0 Å². The Morgan fingerprint density at radius 1 is 0.756 bits per heavy atom. The van der Waals surface area contributed by atoms with Crippen LogP contribution in [-0.2, 0) is 33.9 Å². The summed E-state index contributed by atoms with van der Waals surface area (Å²) in [4.78, 5) is 13.2. The van der Waals surface area contributed by atoms with Crippen LogP contribution in [0.2, 0.25) is 0 Å². The molecule has 0 saturated heterocycles. The van der Waals surface area contributed by atoms with Gasteiger partial charge in [-0.2, -0.15) is 0 Å². The quantitative estimate of drug-likeness (QED) is 0.248. The molecule has 2 aromatic rings. The van der Waals surface area contributed by atoms with Crippen LogP contribution in [0.4, 0.5) is 0 Å². The number of aromatic amines is 2. The zero-order valence-corrected chi connectivity index (χ0v) is 28.9. The summed E-state index contributed by atoms with van der Waals surface area (Å²) in [6.45, 7) is 18.8. The van der Waals surface area contributed by atoms with E-state index in [1.807, 2.05) is 0 Å². The molecule has 0 amide bonds. The van der Waals surface area contributed by atoms with Gasteiger partial charge in [0.1, 0.15) is 0 Å².